The highest BCUT2D eigenvalue weighted by Gasteiger charge is 2.21. The van der Waals surface area contributed by atoms with E-state index < -0.39 is 0 Å². The molecule has 15 heavy (non-hydrogen) atoms. The second-order valence-electron chi connectivity index (χ2n) is 4.52. The number of hydrogen-bond acceptors (Lipinski definition) is 2. The SMILES string of the molecule is CCCN(CCN)C(=O)CC1CCCC1. The minimum atomic E-state index is 0.314. The van der Waals surface area contributed by atoms with Gasteiger partial charge in [-0.15, -0.1) is 0 Å². The molecule has 1 rings (SSSR count). The highest BCUT2D eigenvalue weighted by Crippen LogP contribution is 2.27. The Morgan fingerprint density at radius 1 is 1.33 bits per heavy atom. The predicted molar refractivity (Wildman–Crippen MR) is 62.5 cm³/mol. The fraction of sp³-hybridized carbons (Fsp3) is 0.917. The first-order valence-electron chi connectivity index (χ1n) is 6.25. The van der Waals surface area contributed by atoms with Crippen LogP contribution < -0.4 is 5.73 Å². The molecule has 1 amide bonds. The number of nitrogens with zero attached hydrogens (tertiary/aromatic N) is 1. The van der Waals surface area contributed by atoms with Gasteiger partial charge in [0.2, 0.25) is 5.91 Å². The molecule has 0 saturated heterocycles. The maximum Gasteiger partial charge on any atom is 0.222 e. The first-order valence-corrected chi connectivity index (χ1v) is 6.25. The zero-order chi connectivity index (χ0) is 11.1. The van der Waals surface area contributed by atoms with Crippen molar-refractivity contribution in [2.45, 2.75) is 45.4 Å². The van der Waals surface area contributed by atoms with Gasteiger partial charge in [0.25, 0.3) is 0 Å². The molecule has 0 aliphatic heterocycles. The molecule has 88 valence electrons. The topological polar surface area (TPSA) is 46.3 Å². The Kier molecular flexibility index (Phi) is 5.69. The molecule has 3 nitrogen and oxygen atoms in total. The van der Waals surface area contributed by atoms with Gasteiger partial charge >= 0.3 is 0 Å². The smallest absolute Gasteiger partial charge is 0.222 e. The molecule has 1 aliphatic rings. The van der Waals surface area contributed by atoms with Crippen molar-refractivity contribution < 1.29 is 4.79 Å². The maximum atomic E-state index is 11.9. The summed E-state index contributed by atoms with van der Waals surface area (Å²) in [7, 11) is 0. The lowest BCUT2D eigenvalue weighted by atomic mass is 10.0. The average molecular weight is 212 g/mol. The van der Waals surface area contributed by atoms with Crippen molar-refractivity contribution in [3.63, 3.8) is 0 Å². The van der Waals surface area contributed by atoms with E-state index in [4.69, 9.17) is 5.73 Å². The van der Waals surface area contributed by atoms with Gasteiger partial charge in [-0.2, -0.15) is 0 Å². The first kappa shape index (κ1) is 12.5. The molecule has 0 heterocycles. The summed E-state index contributed by atoms with van der Waals surface area (Å²) in [4.78, 5) is 13.9. The molecule has 0 atom stereocenters. The molecule has 2 N–H and O–H groups in total. The Labute approximate surface area is 93.0 Å². The van der Waals surface area contributed by atoms with Gasteiger partial charge in [0, 0.05) is 26.1 Å². The van der Waals surface area contributed by atoms with Crippen molar-refractivity contribution in [1.29, 1.82) is 0 Å². The van der Waals surface area contributed by atoms with Crippen LogP contribution in [0.4, 0.5) is 0 Å². The Bertz CT molecular complexity index is 182. The van der Waals surface area contributed by atoms with Gasteiger partial charge in [-0.3, -0.25) is 4.79 Å². The molecule has 0 radical (unpaired) electrons. The number of amides is 1. The van der Waals surface area contributed by atoms with Crippen LogP contribution in [0, 0.1) is 5.92 Å². The van der Waals surface area contributed by atoms with Gasteiger partial charge in [-0.05, 0) is 25.2 Å². The van der Waals surface area contributed by atoms with Crippen LogP contribution in [0.2, 0.25) is 0 Å². The van der Waals surface area contributed by atoms with Gasteiger partial charge in [-0.1, -0.05) is 19.8 Å². The highest BCUT2D eigenvalue weighted by atomic mass is 16.2. The van der Waals surface area contributed by atoms with Crippen LogP contribution in [0.25, 0.3) is 0 Å². The van der Waals surface area contributed by atoms with Gasteiger partial charge in [0.05, 0.1) is 0 Å². The van der Waals surface area contributed by atoms with E-state index in [2.05, 4.69) is 6.92 Å². The van der Waals surface area contributed by atoms with Crippen LogP contribution in [0.3, 0.4) is 0 Å². The summed E-state index contributed by atoms with van der Waals surface area (Å²) < 4.78 is 0. The van der Waals surface area contributed by atoms with Crippen molar-refractivity contribution in [2.75, 3.05) is 19.6 Å². The first-order chi connectivity index (χ1) is 7.27. The second-order valence-corrected chi connectivity index (χ2v) is 4.52. The number of rotatable bonds is 6. The average Bonchev–Trinajstić information content (AvgIpc) is 2.70. The predicted octanol–water partition coefficient (Wildman–Crippen LogP) is 1.76. The second kappa shape index (κ2) is 6.83. The van der Waals surface area contributed by atoms with Crippen molar-refractivity contribution in [3.05, 3.63) is 0 Å². The third-order valence-electron chi connectivity index (χ3n) is 3.18. The number of carbonyl (C=O) groups excluding carboxylic acids is 1. The number of carbonyl (C=O) groups is 1. The molecule has 1 fully saturated rings. The van der Waals surface area contributed by atoms with E-state index in [0.717, 1.165) is 25.9 Å². The van der Waals surface area contributed by atoms with E-state index in [0.29, 0.717) is 18.4 Å². The quantitative estimate of drug-likeness (QED) is 0.729. The molecule has 0 aromatic heterocycles. The fourth-order valence-electron chi connectivity index (χ4n) is 2.38. The lowest BCUT2D eigenvalue weighted by molar-refractivity contribution is -0.132. The van der Waals surface area contributed by atoms with E-state index in [-0.39, 0.29) is 0 Å². The molecular weight excluding hydrogens is 188 g/mol. The lowest BCUT2D eigenvalue weighted by Crippen LogP contribution is -2.36. The van der Waals surface area contributed by atoms with Crippen LogP contribution in [-0.4, -0.2) is 30.4 Å². The summed E-state index contributed by atoms with van der Waals surface area (Å²) in [5.74, 6) is 0.962. The van der Waals surface area contributed by atoms with E-state index in [1.807, 2.05) is 4.90 Å². The summed E-state index contributed by atoms with van der Waals surface area (Å²) in [5.41, 5.74) is 5.51. The van der Waals surface area contributed by atoms with Crippen LogP contribution in [0.1, 0.15) is 45.4 Å². The Balaban J connectivity index is 2.33. The Morgan fingerprint density at radius 3 is 2.53 bits per heavy atom. The maximum absolute atomic E-state index is 11.9. The van der Waals surface area contributed by atoms with Gasteiger partial charge in [0.1, 0.15) is 0 Å². The zero-order valence-electron chi connectivity index (χ0n) is 9.87. The van der Waals surface area contributed by atoms with Crippen LogP contribution in [0.15, 0.2) is 0 Å². The zero-order valence-corrected chi connectivity index (χ0v) is 9.87. The van der Waals surface area contributed by atoms with Gasteiger partial charge in [-0.25, -0.2) is 0 Å². The molecule has 0 spiro atoms. The van der Waals surface area contributed by atoms with Crippen LogP contribution >= 0.6 is 0 Å². The number of hydrogen-bond donors (Lipinski definition) is 1. The summed E-state index contributed by atoms with van der Waals surface area (Å²) in [6, 6.07) is 0. The minimum absolute atomic E-state index is 0.314. The molecule has 0 aromatic rings. The molecule has 1 aliphatic carbocycles. The Morgan fingerprint density at radius 2 is 2.00 bits per heavy atom. The summed E-state index contributed by atoms with van der Waals surface area (Å²) >= 11 is 0. The van der Waals surface area contributed by atoms with E-state index in [1.54, 1.807) is 0 Å². The van der Waals surface area contributed by atoms with Crippen LogP contribution in [0.5, 0.6) is 0 Å². The highest BCUT2D eigenvalue weighted by molar-refractivity contribution is 5.76. The molecule has 0 bridgehead atoms. The summed E-state index contributed by atoms with van der Waals surface area (Å²) in [6.07, 6.45) is 6.88. The normalized spacial score (nSPS) is 16.9. The third-order valence-corrected chi connectivity index (χ3v) is 3.18. The standard InChI is InChI=1S/C12H24N2O/c1-2-8-14(9-7-13)12(15)10-11-5-3-4-6-11/h11H,2-10,13H2,1H3. The lowest BCUT2D eigenvalue weighted by Gasteiger charge is -2.22. The summed E-state index contributed by atoms with van der Waals surface area (Å²) in [6.45, 7) is 4.27. The van der Waals surface area contributed by atoms with Gasteiger partial charge < -0.3 is 10.6 Å². The number of nitrogens with two attached hydrogens (primary N) is 1. The van der Waals surface area contributed by atoms with E-state index in [1.165, 1.54) is 25.7 Å². The summed E-state index contributed by atoms with van der Waals surface area (Å²) in [5, 5.41) is 0. The minimum Gasteiger partial charge on any atom is -0.341 e. The molecule has 0 aromatic carbocycles. The monoisotopic (exact) mass is 212 g/mol. The molecule has 0 unspecified atom stereocenters. The third kappa shape index (κ3) is 4.20. The fourth-order valence-corrected chi connectivity index (χ4v) is 2.38. The van der Waals surface area contributed by atoms with Crippen LogP contribution in [-0.2, 0) is 4.79 Å². The van der Waals surface area contributed by atoms with Gasteiger partial charge in [0.15, 0.2) is 0 Å². The molecular formula is C12H24N2O. The van der Waals surface area contributed by atoms with Crippen molar-refractivity contribution in [1.82, 2.24) is 4.90 Å². The molecule has 3 heteroatoms. The van der Waals surface area contributed by atoms with Crippen molar-refractivity contribution >= 4 is 5.91 Å². The van der Waals surface area contributed by atoms with E-state index >= 15 is 0 Å². The van der Waals surface area contributed by atoms with Crippen molar-refractivity contribution in [2.24, 2.45) is 11.7 Å². The Hall–Kier alpha value is -0.570. The molecule has 1 saturated carbocycles. The largest absolute Gasteiger partial charge is 0.341 e. The van der Waals surface area contributed by atoms with Crippen molar-refractivity contribution in [3.8, 4) is 0 Å². The van der Waals surface area contributed by atoms with E-state index in [9.17, 15) is 4.79 Å².